The second-order valence-electron chi connectivity index (χ2n) is 5.77. The molecule has 21 heavy (non-hydrogen) atoms. The maximum Gasteiger partial charge on any atom is 0.243 e. The van der Waals surface area contributed by atoms with Crippen LogP contribution in [0.5, 0.6) is 11.5 Å². The predicted molar refractivity (Wildman–Crippen MR) is 79.3 cm³/mol. The van der Waals surface area contributed by atoms with Crippen molar-refractivity contribution in [3.8, 4) is 11.5 Å². The lowest BCUT2D eigenvalue weighted by atomic mass is 10.0. The zero-order valence-corrected chi connectivity index (χ0v) is 12.1. The SMILES string of the molecule is COc1cccc(C=NNC(=O)C2C3CCCCC32)c1O. The highest BCUT2D eigenvalue weighted by Crippen LogP contribution is 2.55. The van der Waals surface area contributed by atoms with E-state index in [1.807, 2.05) is 0 Å². The molecule has 2 aliphatic rings. The molecule has 0 bridgehead atoms. The number of phenols is 1. The van der Waals surface area contributed by atoms with Crippen LogP contribution >= 0.6 is 0 Å². The highest BCUT2D eigenvalue weighted by Gasteiger charge is 2.54. The van der Waals surface area contributed by atoms with Gasteiger partial charge in [0.05, 0.1) is 13.3 Å². The maximum absolute atomic E-state index is 12.1. The van der Waals surface area contributed by atoms with Crippen LogP contribution in [0.1, 0.15) is 31.2 Å². The third-order valence-corrected chi connectivity index (χ3v) is 4.59. The van der Waals surface area contributed by atoms with Crippen molar-refractivity contribution in [2.24, 2.45) is 22.9 Å². The van der Waals surface area contributed by atoms with E-state index >= 15 is 0 Å². The van der Waals surface area contributed by atoms with Crippen LogP contribution in [-0.4, -0.2) is 24.3 Å². The Morgan fingerprint density at radius 1 is 1.38 bits per heavy atom. The molecule has 2 atom stereocenters. The van der Waals surface area contributed by atoms with Gasteiger partial charge in [-0.3, -0.25) is 4.79 Å². The van der Waals surface area contributed by atoms with Gasteiger partial charge in [0, 0.05) is 11.5 Å². The molecule has 0 heterocycles. The smallest absolute Gasteiger partial charge is 0.243 e. The number of amides is 1. The van der Waals surface area contributed by atoms with Gasteiger partial charge in [0.1, 0.15) is 0 Å². The zero-order valence-electron chi connectivity index (χ0n) is 12.1. The molecular weight excluding hydrogens is 268 g/mol. The quantitative estimate of drug-likeness (QED) is 0.659. The number of hydrogen-bond acceptors (Lipinski definition) is 4. The number of hydrazone groups is 1. The molecule has 2 saturated carbocycles. The molecule has 1 aromatic carbocycles. The number of carbonyl (C=O) groups excluding carboxylic acids is 1. The van der Waals surface area contributed by atoms with E-state index in [0.717, 1.165) is 0 Å². The van der Waals surface area contributed by atoms with E-state index in [1.165, 1.54) is 39.0 Å². The van der Waals surface area contributed by atoms with Crippen molar-refractivity contribution < 1.29 is 14.6 Å². The molecule has 2 N–H and O–H groups in total. The largest absolute Gasteiger partial charge is 0.504 e. The van der Waals surface area contributed by atoms with Crippen molar-refractivity contribution in [2.75, 3.05) is 7.11 Å². The monoisotopic (exact) mass is 288 g/mol. The molecule has 3 rings (SSSR count). The van der Waals surface area contributed by atoms with E-state index in [4.69, 9.17) is 4.74 Å². The Balaban J connectivity index is 1.59. The zero-order chi connectivity index (χ0) is 14.8. The van der Waals surface area contributed by atoms with Gasteiger partial charge in [0.25, 0.3) is 0 Å². The molecule has 5 heteroatoms. The van der Waals surface area contributed by atoms with Crippen LogP contribution in [0.4, 0.5) is 0 Å². The van der Waals surface area contributed by atoms with Gasteiger partial charge in [0.15, 0.2) is 11.5 Å². The molecule has 0 saturated heterocycles. The molecule has 2 aliphatic carbocycles. The highest BCUT2D eigenvalue weighted by molar-refractivity contribution is 5.87. The van der Waals surface area contributed by atoms with E-state index in [2.05, 4.69) is 10.5 Å². The second kappa shape index (κ2) is 5.76. The van der Waals surface area contributed by atoms with Crippen LogP contribution in [0.2, 0.25) is 0 Å². The number of para-hydroxylation sites is 1. The Kier molecular flexibility index (Phi) is 3.82. The lowest BCUT2D eigenvalue weighted by Crippen LogP contribution is -2.20. The molecule has 0 spiro atoms. The molecule has 5 nitrogen and oxygen atoms in total. The average molecular weight is 288 g/mol. The Labute approximate surface area is 124 Å². The van der Waals surface area contributed by atoms with Gasteiger partial charge in [-0.1, -0.05) is 18.9 Å². The van der Waals surface area contributed by atoms with Gasteiger partial charge in [-0.15, -0.1) is 0 Å². The number of methoxy groups -OCH3 is 1. The third kappa shape index (κ3) is 2.73. The summed E-state index contributed by atoms with van der Waals surface area (Å²) in [5.41, 5.74) is 3.11. The summed E-state index contributed by atoms with van der Waals surface area (Å²) in [6, 6.07) is 5.14. The number of benzene rings is 1. The fourth-order valence-electron chi connectivity index (χ4n) is 3.43. The van der Waals surface area contributed by atoms with Gasteiger partial charge >= 0.3 is 0 Å². The first-order chi connectivity index (χ1) is 10.2. The Hall–Kier alpha value is -2.04. The minimum absolute atomic E-state index is 0.00513. The number of ether oxygens (including phenoxy) is 1. The molecule has 0 aliphatic heterocycles. The first-order valence-corrected chi connectivity index (χ1v) is 7.41. The topological polar surface area (TPSA) is 70.9 Å². The van der Waals surface area contributed by atoms with E-state index in [1.54, 1.807) is 18.2 Å². The summed E-state index contributed by atoms with van der Waals surface area (Å²) in [6.45, 7) is 0. The van der Waals surface area contributed by atoms with Gasteiger partial charge in [-0.25, -0.2) is 5.43 Å². The number of rotatable bonds is 4. The molecule has 1 amide bonds. The van der Waals surface area contributed by atoms with Gasteiger partial charge in [-0.2, -0.15) is 5.10 Å². The molecular formula is C16H20N2O3. The summed E-state index contributed by atoms with van der Waals surface area (Å²) in [7, 11) is 1.49. The van der Waals surface area contributed by atoms with E-state index < -0.39 is 0 Å². The Morgan fingerprint density at radius 2 is 2.10 bits per heavy atom. The Morgan fingerprint density at radius 3 is 2.76 bits per heavy atom. The third-order valence-electron chi connectivity index (χ3n) is 4.59. The van der Waals surface area contributed by atoms with E-state index in [-0.39, 0.29) is 17.6 Å². The fraction of sp³-hybridized carbons (Fsp3) is 0.500. The summed E-state index contributed by atoms with van der Waals surface area (Å²) >= 11 is 0. The number of nitrogens with zero attached hydrogens (tertiary/aromatic N) is 1. The number of aromatic hydroxyl groups is 1. The number of phenolic OH excluding ortho intramolecular Hbond substituents is 1. The van der Waals surface area contributed by atoms with Gasteiger partial charge in [-0.05, 0) is 36.8 Å². The fourth-order valence-corrected chi connectivity index (χ4v) is 3.43. The van der Waals surface area contributed by atoms with Crippen molar-refractivity contribution >= 4 is 12.1 Å². The maximum atomic E-state index is 12.1. The van der Waals surface area contributed by atoms with Crippen LogP contribution < -0.4 is 10.2 Å². The number of hydrogen-bond donors (Lipinski definition) is 2. The molecule has 112 valence electrons. The van der Waals surface area contributed by atoms with Crippen molar-refractivity contribution in [3.05, 3.63) is 23.8 Å². The first-order valence-electron chi connectivity index (χ1n) is 7.41. The molecule has 2 fully saturated rings. The number of nitrogens with one attached hydrogen (secondary N) is 1. The standard InChI is InChI=1S/C16H20N2O3/c1-21-13-8-4-5-10(15(13)19)9-17-18-16(20)14-11-6-2-3-7-12(11)14/h4-5,8-9,11-12,14,19H,2-3,6-7H2,1H3,(H,18,20). The van der Waals surface area contributed by atoms with Crippen molar-refractivity contribution in [1.29, 1.82) is 0 Å². The summed E-state index contributed by atoms with van der Waals surface area (Å²) in [5.74, 6) is 1.70. The Bertz CT molecular complexity index is 559. The first kappa shape index (κ1) is 13.9. The number of carbonyl (C=O) groups is 1. The van der Waals surface area contributed by atoms with E-state index in [9.17, 15) is 9.90 Å². The van der Waals surface area contributed by atoms with Crippen LogP contribution in [0.3, 0.4) is 0 Å². The predicted octanol–water partition coefficient (Wildman–Crippen LogP) is 2.29. The lowest BCUT2D eigenvalue weighted by Gasteiger charge is -2.04. The van der Waals surface area contributed by atoms with Crippen LogP contribution in [-0.2, 0) is 4.79 Å². The van der Waals surface area contributed by atoms with Crippen LogP contribution in [0.15, 0.2) is 23.3 Å². The minimum Gasteiger partial charge on any atom is -0.504 e. The summed E-state index contributed by atoms with van der Waals surface area (Å²) < 4.78 is 5.03. The molecule has 0 radical (unpaired) electrons. The van der Waals surface area contributed by atoms with Gasteiger partial charge in [0.2, 0.25) is 5.91 Å². The molecule has 0 aromatic heterocycles. The number of fused-ring (bicyclic) bond motifs is 1. The molecule has 2 unspecified atom stereocenters. The average Bonchev–Trinajstić information content (AvgIpc) is 3.23. The molecule has 1 aromatic rings. The minimum atomic E-state index is 0.00513. The summed E-state index contributed by atoms with van der Waals surface area (Å²) in [6.07, 6.45) is 6.27. The summed E-state index contributed by atoms with van der Waals surface area (Å²) in [5, 5.41) is 13.9. The summed E-state index contributed by atoms with van der Waals surface area (Å²) in [4.78, 5) is 12.1. The lowest BCUT2D eigenvalue weighted by molar-refractivity contribution is -0.122. The van der Waals surface area contributed by atoms with E-state index in [0.29, 0.717) is 23.1 Å². The van der Waals surface area contributed by atoms with Crippen molar-refractivity contribution in [3.63, 3.8) is 0 Å². The highest BCUT2D eigenvalue weighted by atomic mass is 16.5. The van der Waals surface area contributed by atoms with Crippen molar-refractivity contribution in [2.45, 2.75) is 25.7 Å². The van der Waals surface area contributed by atoms with Crippen molar-refractivity contribution in [1.82, 2.24) is 5.43 Å². The second-order valence-corrected chi connectivity index (χ2v) is 5.77. The normalized spacial score (nSPS) is 27.2. The van der Waals surface area contributed by atoms with Crippen LogP contribution in [0, 0.1) is 17.8 Å². The van der Waals surface area contributed by atoms with Crippen LogP contribution in [0.25, 0.3) is 0 Å². The van der Waals surface area contributed by atoms with Gasteiger partial charge < -0.3 is 9.84 Å².